The van der Waals surface area contributed by atoms with Gasteiger partial charge in [0.15, 0.2) is 12.7 Å². The Kier molecular flexibility index (Phi) is 6.51. The summed E-state index contributed by atoms with van der Waals surface area (Å²) in [6, 6.07) is 7.31. The molecule has 7 nitrogen and oxygen atoms in total. The Labute approximate surface area is 140 Å². The molecular formula is C17H20N2O5. The zero-order chi connectivity index (χ0) is 17.4. The van der Waals surface area contributed by atoms with E-state index in [4.69, 9.17) is 18.7 Å². The zero-order valence-corrected chi connectivity index (χ0v) is 13.7. The van der Waals surface area contributed by atoms with Gasteiger partial charge in [0, 0.05) is 5.56 Å². The van der Waals surface area contributed by atoms with Crippen LogP contribution in [0.15, 0.2) is 41.4 Å². The van der Waals surface area contributed by atoms with Crippen LogP contribution in [0, 0.1) is 0 Å². The van der Waals surface area contributed by atoms with Crippen LogP contribution in [0.25, 0.3) is 11.4 Å². The first-order valence-corrected chi connectivity index (χ1v) is 7.59. The third-order valence-electron chi connectivity index (χ3n) is 3.03. The van der Waals surface area contributed by atoms with E-state index in [1.54, 1.807) is 13.0 Å². The Bertz CT molecular complexity index is 666. The molecule has 0 aliphatic heterocycles. The number of aromatic nitrogens is 2. The molecule has 128 valence electrons. The Morgan fingerprint density at radius 2 is 2.12 bits per heavy atom. The molecule has 2 aromatic rings. The van der Waals surface area contributed by atoms with Gasteiger partial charge in [-0.3, -0.25) is 0 Å². The summed E-state index contributed by atoms with van der Waals surface area (Å²) in [5, 5.41) is 3.87. The van der Waals surface area contributed by atoms with Crippen molar-refractivity contribution in [3.05, 3.63) is 42.8 Å². The molecular weight excluding hydrogens is 312 g/mol. The number of hydrogen-bond acceptors (Lipinski definition) is 7. The molecule has 1 aromatic heterocycles. The lowest BCUT2D eigenvalue weighted by atomic mass is 10.2. The Balaban J connectivity index is 1.90. The van der Waals surface area contributed by atoms with E-state index in [-0.39, 0.29) is 19.1 Å². The van der Waals surface area contributed by atoms with Gasteiger partial charge in [-0.1, -0.05) is 11.2 Å². The fourth-order valence-corrected chi connectivity index (χ4v) is 1.83. The second-order valence-corrected chi connectivity index (χ2v) is 4.84. The first-order chi connectivity index (χ1) is 11.6. The van der Waals surface area contributed by atoms with Gasteiger partial charge in [0.2, 0.25) is 5.82 Å². The molecule has 0 aliphatic rings. The Morgan fingerprint density at radius 1 is 1.38 bits per heavy atom. The lowest BCUT2D eigenvalue weighted by molar-refractivity contribution is -0.157. The summed E-state index contributed by atoms with van der Waals surface area (Å²) in [5.41, 5.74) is 0.780. The quantitative estimate of drug-likeness (QED) is 0.515. The summed E-state index contributed by atoms with van der Waals surface area (Å²) in [7, 11) is 0. The van der Waals surface area contributed by atoms with Gasteiger partial charge in [-0.15, -0.1) is 6.58 Å². The number of ether oxygens (including phenoxy) is 3. The molecule has 1 atom stereocenters. The van der Waals surface area contributed by atoms with E-state index < -0.39 is 12.1 Å². The van der Waals surface area contributed by atoms with Crippen LogP contribution < -0.4 is 4.74 Å². The van der Waals surface area contributed by atoms with Crippen LogP contribution in [-0.4, -0.2) is 35.4 Å². The molecule has 0 radical (unpaired) electrons. The summed E-state index contributed by atoms with van der Waals surface area (Å²) in [6.07, 6.45) is 0.877. The van der Waals surface area contributed by atoms with Crippen LogP contribution in [0.4, 0.5) is 0 Å². The minimum atomic E-state index is -0.684. The predicted molar refractivity (Wildman–Crippen MR) is 86.3 cm³/mol. The SMILES string of the molecule is C=CCOC(C)C(=O)OCc1nc(-c2ccc(OCC)cc2)no1. The molecule has 1 unspecified atom stereocenters. The number of benzene rings is 1. The second kappa shape index (κ2) is 8.83. The summed E-state index contributed by atoms with van der Waals surface area (Å²) >= 11 is 0. The molecule has 24 heavy (non-hydrogen) atoms. The molecule has 0 fully saturated rings. The second-order valence-electron chi connectivity index (χ2n) is 4.84. The van der Waals surface area contributed by atoms with Gasteiger partial charge in [-0.05, 0) is 38.1 Å². The van der Waals surface area contributed by atoms with Crippen molar-refractivity contribution in [1.82, 2.24) is 10.1 Å². The van der Waals surface area contributed by atoms with Gasteiger partial charge in [0.05, 0.1) is 13.2 Å². The molecule has 0 amide bonds. The molecule has 0 N–H and O–H groups in total. The number of carbonyl (C=O) groups is 1. The smallest absolute Gasteiger partial charge is 0.335 e. The van der Waals surface area contributed by atoms with Crippen LogP contribution in [-0.2, 0) is 20.9 Å². The molecule has 1 aromatic carbocycles. The highest BCUT2D eigenvalue weighted by Gasteiger charge is 2.16. The van der Waals surface area contributed by atoms with E-state index in [0.717, 1.165) is 11.3 Å². The maximum atomic E-state index is 11.7. The first kappa shape index (κ1) is 17.7. The highest BCUT2D eigenvalue weighted by atomic mass is 16.6. The molecule has 0 saturated heterocycles. The predicted octanol–water partition coefficient (Wildman–Crippen LogP) is 2.77. The van der Waals surface area contributed by atoms with Crippen LogP contribution >= 0.6 is 0 Å². The lowest BCUT2D eigenvalue weighted by Crippen LogP contribution is -2.23. The van der Waals surface area contributed by atoms with Gasteiger partial charge in [0.1, 0.15) is 5.75 Å². The highest BCUT2D eigenvalue weighted by Crippen LogP contribution is 2.20. The number of nitrogens with zero attached hydrogens (tertiary/aromatic N) is 2. The number of carbonyl (C=O) groups excluding carboxylic acids is 1. The summed E-state index contributed by atoms with van der Waals surface area (Å²) < 4.78 is 20.7. The highest BCUT2D eigenvalue weighted by molar-refractivity contribution is 5.74. The lowest BCUT2D eigenvalue weighted by Gasteiger charge is -2.09. The molecule has 0 aliphatic carbocycles. The van der Waals surface area contributed by atoms with Crippen LogP contribution in [0.3, 0.4) is 0 Å². The van der Waals surface area contributed by atoms with Gasteiger partial charge >= 0.3 is 5.97 Å². The van der Waals surface area contributed by atoms with E-state index in [1.165, 1.54) is 0 Å². The van der Waals surface area contributed by atoms with E-state index in [9.17, 15) is 4.79 Å². The van der Waals surface area contributed by atoms with Crippen molar-refractivity contribution >= 4 is 5.97 Å². The minimum Gasteiger partial charge on any atom is -0.494 e. The van der Waals surface area contributed by atoms with E-state index in [1.807, 2.05) is 31.2 Å². The molecule has 2 rings (SSSR count). The van der Waals surface area contributed by atoms with Crippen molar-refractivity contribution < 1.29 is 23.5 Å². The summed E-state index contributed by atoms with van der Waals surface area (Å²) in [6.45, 7) is 7.81. The maximum absolute atomic E-state index is 11.7. The van der Waals surface area contributed by atoms with Crippen molar-refractivity contribution in [2.45, 2.75) is 26.6 Å². The first-order valence-electron chi connectivity index (χ1n) is 7.59. The van der Waals surface area contributed by atoms with Gasteiger partial charge in [-0.2, -0.15) is 4.98 Å². The molecule has 0 spiro atoms. The molecule has 1 heterocycles. The normalized spacial score (nSPS) is 11.8. The van der Waals surface area contributed by atoms with Crippen LogP contribution in [0.1, 0.15) is 19.7 Å². The van der Waals surface area contributed by atoms with Crippen molar-refractivity contribution in [2.24, 2.45) is 0 Å². The van der Waals surface area contributed by atoms with Gasteiger partial charge < -0.3 is 18.7 Å². The van der Waals surface area contributed by atoms with Crippen LogP contribution in [0.2, 0.25) is 0 Å². The average molecular weight is 332 g/mol. The van der Waals surface area contributed by atoms with Gasteiger partial charge in [-0.25, -0.2) is 4.79 Å². The van der Waals surface area contributed by atoms with Gasteiger partial charge in [0.25, 0.3) is 5.89 Å². The van der Waals surface area contributed by atoms with Crippen molar-refractivity contribution in [3.63, 3.8) is 0 Å². The standard InChI is InChI=1S/C17H20N2O5/c1-4-10-22-12(3)17(20)23-11-15-18-16(19-24-15)13-6-8-14(9-7-13)21-5-2/h4,6-9,12H,1,5,10-11H2,2-3H3. The van der Waals surface area contributed by atoms with Crippen molar-refractivity contribution in [2.75, 3.05) is 13.2 Å². The minimum absolute atomic E-state index is 0.106. The topological polar surface area (TPSA) is 83.7 Å². The van der Waals surface area contributed by atoms with Crippen molar-refractivity contribution in [1.29, 1.82) is 0 Å². The van der Waals surface area contributed by atoms with Crippen molar-refractivity contribution in [3.8, 4) is 17.1 Å². The number of hydrogen-bond donors (Lipinski definition) is 0. The number of rotatable bonds is 9. The monoisotopic (exact) mass is 332 g/mol. The average Bonchev–Trinajstić information content (AvgIpc) is 3.07. The Morgan fingerprint density at radius 3 is 2.79 bits per heavy atom. The number of esters is 1. The molecule has 0 saturated carbocycles. The van der Waals surface area contributed by atoms with E-state index in [2.05, 4.69) is 16.7 Å². The third kappa shape index (κ3) is 4.92. The molecule has 7 heteroatoms. The largest absolute Gasteiger partial charge is 0.494 e. The van der Waals surface area contributed by atoms with Crippen LogP contribution in [0.5, 0.6) is 5.75 Å². The maximum Gasteiger partial charge on any atom is 0.335 e. The van der Waals surface area contributed by atoms with E-state index in [0.29, 0.717) is 12.4 Å². The third-order valence-corrected chi connectivity index (χ3v) is 3.03. The summed E-state index contributed by atoms with van der Waals surface area (Å²) in [5.74, 6) is 0.897. The molecule has 0 bridgehead atoms. The zero-order valence-electron chi connectivity index (χ0n) is 13.7. The fourth-order valence-electron chi connectivity index (χ4n) is 1.83. The summed E-state index contributed by atoms with van der Waals surface area (Å²) in [4.78, 5) is 15.9. The van der Waals surface area contributed by atoms with E-state index >= 15 is 0 Å². The fraction of sp³-hybridized carbons (Fsp3) is 0.353. The Hall–Kier alpha value is -2.67.